The van der Waals surface area contributed by atoms with Crippen LogP contribution >= 0.6 is 23.1 Å². The Hall–Kier alpha value is -2.57. The van der Waals surface area contributed by atoms with E-state index in [2.05, 4.69) is 5.32 Å². The zero-order valence-electron chi connectivity index (χ0n) is 14.7. The fraction of sp³-hybridized carbons (Fsp3) is 0.143. The van der Waals surface area contributed by atoms with Gasteiger partial charge in [0, 0.05) is 11.4 Å². The summed E-state index contributed by atoms with van der Waals surface area (Å²) in [4.78, 5) is 27.3. The van der Waals surface area contributed by atoms with Crippen LogP contribution in [0.5, 0.6) is 0 Å². The Bertz CT molecular complexity index is 968. The van der Waals surface area contributed by atoms with E-state index in [0.717, 1.165) is 22.5 Å². The lowest BCUT2D eigenvalue weighted by atomic mass is 10.1. The summed E-state index contributed by atoms with van der Waals surface area (Å²) < 4.78 is 0. The van der Waals surface area contributed by atoms with Crippen LogP contribution in [0.3, 0.4) is 0 Å². The number of benzene rings is 2. The molecule has 2 heterocycles. The van der Waals surface area contributed by atoms with Crippen molar-refractivity contribution in [1.29, 1.82) is 0 Å². The molecule has 4 rings (SSSR count). The van der Waals surface area contributed by atoms with Crippen LogP contribution in [0.4, 0.5) is 11.4 Å². The highest BCUT2D eigenvalue weighted by Crippen LogP contribution is 2.42. The molecule has 1 aromatic heterocycles. The molecule has 1 atom stereocenters. The lowest BCUT2D eigenvalue weighted by Crippen LogP contribution is -2.27. The Morgan fingerprint density at radius 1 is 1.11 bits per heavy atom. The predicted molar refractivity (Wildman–Crippen MR) is 113 cm³/mol. The number of nitrogens with zero attached hydrogens (tertiary/aromatic N) is 1. The van der Waals surface area contributed by atoms with Gasteiger partial charge in [-0.15, -0.1) is 23.1 Å². The van der Waals surface area contributed by atoms with Crippen molar-refractivity contribution >= 4 is 46.3 Å². The van der Waals surface area contributed by atoms with Crippen LogP contribution in [0.1, 0.15) is 26.2 Å². The molecular formula is C21H18N2O2S2. The normalized spacial score (nSPS) is 16.6. The molecule has 1 aliphatic heterocycles. The molecule has 2 amide bonds. The number of amides is 2. The highest BCUT2D eigenvalue weighted by molar-refractivity contribution is 8.00. The van der Waals surface area contributed by atoms with E-state index in [9.17, 15) is 9.59 Å². The monoisotopic (exact) mass is 394 g/mol. The van der Waals surface area contributed by atoms with Crippen LogP contribution in [-0.2, 0) is 4.79 Å². The minimum absolute atomic E-state index is 0.0983. The Morgan fingerprint density at radius 3 is 2.67 bits per heavy atom. The Kier molecular flexibility index (Phi) is 5.01. The first kappa shape index (κ1) is 17.8. The van der Waals surface area contributed by atoms with Gasteiger partial charge in [-0.25, -0.2) is 0 Å². The van der Waals surface area contributed by atoms with E-state index < -0.39 is 0 Å². The van der Waals surface area contributed by atoms with Gasteiger partial charge in [0.25, 0.3) is 5.91 Å². The molecule has 1 saturated heterocycles. The lowest BCUT2D eigenvalue weighted by molar-refractivity contribution is -0.115. The van der Waals surface area contributed by atoms with Crippen LogP contribution in [0.2, 0.25) is 0 Å². The quantitative estimate of drug-likeness (QED) is 0.671. The first-order valence-electron chi connectivity index (χ1n) is 8.57. The van der Waals surface area contributed by atoms with E-state index in [-0.39, 0.29) is 17.2 Å². The zero-order valence-corrected chi connectivity index (χ0v) is 16.3. The van der Waals surface area contributed by atoms with Gasteiger partial charge in [-0.3, -0.25) is 14.5 Å². The van der Waals surface area contributed by atoms with Crippen molar-refractivity contribution in [1.82, 2.24) is 0 Å². The van der Waals surface area contributed by atoms with E-state index in [0.29, 0.717) is 10.6 Å². The third-order valence-electron chi connectivity index (χ3n) is 4.35. The SMILES string of the molecule is Cc1ccc(N2C(=O)CSC2c2cccc(NC(=O)c3cccs3)c2)cc1. The summed E-state index contributed by atoms with van der Waals surface area (Å²) in [6, 6.07) is 19.4. The second-order valence-corrected chi connectivity index (χ2v) is 8.34. The maximum atomic E-state index is 12.5. The minimum atomic E-state index is -0.118. The van der Waals surface area contributed by atoms with Crippen LogP contribution in [0.25, 0.3) is 0 Å². The molecule has 0 spiro atoms. The van der Waals surface area contributed by atoms with Crippen LogP contribution in [0, 0.1) is 6.92 Å². The number of anilines is 2. The van der Waals surface area contributed by atoms with Crippen molar-refractivity contribution in [3.8, 4) is 0 Å². The maximum Gasteiger partial charge on any atom is 0.265 e. The summed E-state index contributed by atoms with van der Waals surface area (Å²) in [5, 5.41) is 4.72. The summed E-state index contributed by atoms with van der Waals surface area (Å²) in [6.45, 7) is 2.03. The minimum Gasteiger partial charge on any atom is -0.321 e. The second-order valence-electron chi connectivity index (χ2n) is 6.32. The predicted octanol–water partition coefficient (Wildman–Crippen LogP) is 5.09. The molecule has 1 fully saturated rings. The van der Waals surface area contributed by atoms with Crippen LogP contribution < -0.4 is 10.2 Å². The molecule has 27 heavy (non-hydrogen) atoms. The standard InChI is InChI=1S/C21H18N2O2S2/c1-14-7-9-17(10-8-14)23-19(24)13-27-21(23)15-4-2-5-16(12-15)22-20(25)18-6-3-11-26-18/h2-12,21H,13H2,1H3,(H,22,25). The first-order valence-corrected chi connectivity index (χ1v) is 10.5. The molecule has 0 bridgehead atoms. The average Bonchev–Trinajstić information content (AvgIpc) is 3.33. The Labute approximate surface area is 166 Å². The zero-order chi connectivity index (χ0) is 18.8. The molecule has 2 aromatic carbocycles. The van der Waals surface area contributed by atoms with Crippen molar-refractivity contribution < 1.29 is 9.59 Å². The number of aryl methyl sites for hydroxylation is 1. The number of nitrogens with one attached hydrogen (secondary N) is 1. The highest BCUT2D eigenvalue weighted by Gasteiger charge is 2.34. The molecule has 0 radical (unpaired) electrons. The molecule has 0 saturated carbocycles. The number of hydrogen-bond donors (Lipinski definition) is 1. The van der Waals surface area contributed by atoms with Gasteiger partial charge in [0.2, 0.25) is 5.91 Å². The Morgan fingerprint density at radius 2 is 1.93 bits per heavy atom. The van der Waals surface area contributed by atoms with Crippen molar-refractivity contribution in [3.63, 3.8) is 0 Å². The van der Waals surface area contributed by atoms with Crippen LogP contribution in [0.15, 0.2) is 66.0 Å². The van der Waals surface area contributed by atoms with Gasteiger partial charge in [0.05, 0.1) is 10.6 Å². The molecule has 6 heteroatoms. The summed E-state index contributed by atoms with van der Waals surface area (Å²) in [5.74, 6) is 0.430. The van der Waals surface area contributed by atoms with E-state index in [4.69, 9.17) is 0 Å². The molecular weight excluding hydrogens is 376 g/mol. The van der Waals surface area contributed by atoms with E-state index in [1.807, 2.05) is 71.8 Å². The summed E-state index contributed by atoms with van der Waals surface area (Å²) in [5.41, 5.74) is 3.78. The largest absolute Gasteiger partial charge is 0.321 e. The highest BCUT2D eigenvalue weighted by atomic mass is 32.2. The molecule has 0 aliphatic carbocycles. The van der Waals surface area contributed by atoms with Gasteiger partial charge in [-0.05, 0) is 48.2 Å². The number of carbonyl (C=O) groups excluding carboxylic acids is 2. The van der Waals surface area contributed by atoms with Crippen molar-refractivity contribution in [2.45, 2.75) is 12.3 Å². The number of thioether (sulfide) groups is 1. The summed E-state index contributed by atoms with van der Waals surface area (Å²) >= 11 is 3.01. The topological polar surface area (TPSA) is 49.4 Å². The van der Waals surface area contributed by atoms with Gasteiger partial charge in [-0.1, -0.05) is 35.9 Å². The first-order chi connectivity index (χ1) is 13.1. The second kappa shape index (κ2) is 7.58. The fourth-order valence-electron chi connectivity index (χ4n) is 3.03. The smallest absolute Gasteiger partial charge is 0.265 e. The molecule has 1 aliphatic rings. The third kappa shape index (κ3) is 3.77. The van der Waals surface area contributed by atoms with Gasteiger partial charge in [0.1, 0.15) is 5.37 Å². The van der Waals surface area contributed by atoms with Crippen molar-refractivity contribution in [2.75, 3.05) is 16.0 Å². The number of rotatable bonds is 4. The average molecular weight is 395 g/mol. The van der Waals surface area contributed by atoms with E-state index >= 15 is 0 Å². The van der Waals surface area contributed by atoms with Gasteiger partial charge in [0.15, 0.2) is 0 Å². The van der Waals surface area contributed by atoms with Crippen molar-refractivity contribution in [2.24, 2.45) is 0 Å². The lowest BCUT2D eigenvalue weighted by Gasteiger charge is -2.25. The third-order valence-corrected chi connectivity index (χ3v) is 6.44. The summed E-state index contributed by atoms with van der Waals surface area (Å²) in [7, 11) is 0. The van der Waals surface area contributed by atoms with Gasteiger partial charge < -0.3 is 5.32 Å². The molecule has 4 nitrogen and oxygen atoms in total. The van der Waals surface area contributed by atoms with E-state index in [1.54, 1.807) is 17.8 Å². The number of hydrogen-bond acceptors (Lipinski definition) is 4. The maximum absolute atomic E-state index is 12.5. The molecule has 1 N–H and O–H groups in total. The number of carbonyl (C=O) groups is 2. The Balaban J connectivity index is 1.59. The van der Waals surface area contributed by atoms with Crippen molar-refractivity contribution in [3.05, 3.63) is 82.0 Å². The fourth-order valence-corrected chi connectivity index (χ4v) is 4.81. The molecule has 136 valence electrons. The molecule has 3 aromatic rings. The van der Waals surface area contributed by atoms with Crippen LogP contribution in [-0.4, -0.2) is 17.6 Å². The number of thiophene rings is 1. The van der Waals surface area contributed by atoms with Gasteiger partial charge in [-0.2, -0.15) is 0 Å². The van der Waals surface area contributed by atoms with Gasteiger partial charge >= 0.3 is 0 Å². The van der Waals surface area contributed by atoms with E-state index in [1.165, 1.54) is 11.3 Å². The molecule has 1 unspecified atom stereocenters. The summed E-state index contributed by atoms with van der Waals surface area (Å²) in [6.07, 6.45) is 0.